The average Bonchev–Trinajstić information content (AvgIpc) is 3.13. The number of carbonyl (C=O) groups is 3. The highest BCUT2D eigenvalue weighted by Crippen LogP contribution is 2.51. The van der Waals surface area contributed by atoms with Gasteiger partial charge in [0.15, 0.2) is 5.69 Å². The Bertz CT molecular complexity index is 1420. The van der Waals surface area contributed by atoms with Crippen LogP contribution in [-0.2, 0) is 28.2 Å². The molecular formula is C28H36ClFN6O5. The summed E-state index contributed by atoms with van der Waals surface area (Å²) in [4.78, 5) is 59.9. The summed E-state index contributed by atoms with van der Waals surface area (Å²) in [6.45, 7) is 0.849. The van der Waals surface area contributed by atoms with Crippen LogP contribution in [0.5, 0.6) is 5.75 Å². The van der Waals surface area contributed by atoms with Gasteiger partial charge in [0, 0.05) is 32.7 Å². The molecule has 1 fully saturated rings. The zero-order valence-electron chi connectivity index (χ0n) is 23.7. The van der Waals surface area contributed by atoms with E-state index in [1.54, 1.807) is 0 Å². The molecule has 222 valence electrons. The first-order chi connectivity index (χ1) is 19.3. The molecule has 41 heavy (non-hydrogen) atoms. The van der Waals surface area contributed by atoms with E-state index in [2.05, 4.69) is 20.5 Å². The predicted octanol–water partition coefficient (Wildman–Crippen LogP) is 1.99. The van der Waals surface area contributed by atoms with Gasteiger partial charge in [-0.25, -0.2) is 9.37 Å². The summed E-state index contributed by atoms with van der Waals surface area (Å²) in [5.41, 5.74) is -2.73. The van der Waals surface area contributed by atoms with E-state index in [9.17, 15) is 28.7 Å². The standard InChI is InChI=1S/C28H36ClFN6O5/c1-34(2)14-6-9-27-10-12-28(13-11-27,33-23(39)25(41)35(3)4)26-32-20(21(37)24(40)36(26)16-27)22(38)31-15-17-7-5-8-18(29)19(17)30/h5,7-8,37H,6,9-16H2,1-4H3,(H,31,38)(H,33,39). The Hall–Kier alpha value is -3.51. The van der Waals surface area contributed by atoms with E-state index >= 15 is 0 Å². The molecule has 3 amide bonds. The minimum absolute atomic E-state index is 0.110. The maximum absolute atomic E-state index is 14.4. The first kappa shape index (κ1) is 30.4. The quantitative estimate of drug-likeness (QED) is 0.400. The molecule has 1 aromatic carbocycles. The van der Waals surface area contributed by atoms with E-state index in [4.69, 9.17) is 11.6 Å². The molecule has 3 heterocycles. The van der Waals surface area contributed by atoms with E-state index in [1.807, 2.05) is 14.1 Å². The van der Waals surface area contributed by atoms with E-state index < -0.39 is 46.1 Å². The summed E-state index contributed by atoms with van der Waals surface area (Å²) < 4.78 is 15.7. The number of benzene rings is 1. The summed E-state index contributed by atoms with van der Waals surface area (Å²) in [5.74, 6) is -3.93. The van der Waals surface area contributed by atoms with Gasteiger partial charge >= 0.3 is 11.8 Å². The summed E-state index contributed by atoms with van der Waals surface area (Å²) in [5, 5.41) is 16.1. The maximum atomic E-state index is 14.4. The number of nitrogens with one attached hydrogen (secondary N) is 2. The lowest BCUT2D eigenvalue weighted by Crippen LogP contribution is -2.54. The van der Waals surface area contributed by atoms with Gasteiger partial charge in [-0.1, -0.05) is 23.7 Å². The van der Waals surface area contributed by atoms with Crippen molar-refractivity contribution in [3.05, 3.63) is 56.5 Å². The van der Waals surface area contributed by atoms with Crippen LogP contribution >= 0.6 is 11.6 Å². The molecule has 11 nitrogen and oxygen atoms in total. The zero-order valence-corrected chi connectivity index (χ0v) is 24.5. The summed E-state index contributed by atoms with van der Waals surface area (Å²) in [6.07, 6.45) is 3.79. The summed E-state index contributed by atoms with van der Waals surface area (Å²) in [6, 6.07) is 4.35. The highest BCUT2D eigenvalue weighted by atomic mass is 35.5. The molecule has 1 aromatic heterocycles. The molecule has 1 aliphatic carbocycles. The number of aromatic hydroxyl groups is 1. The van der Waals surface area contributed by atoms with Crippen LogP contribution in [0, 0.1) is 11.2 Å². The van der Waals surface area contributed by atoms with Crippen LogP contribution in [0.3, 0.4) is 0 Å². The van der Waals surface area contributed by atoms with Crippen LogP contribution in [0.2, 0.25) is 5.02 Å². The van der Waals surface area contributed by atoms with Crippen LogP contribution in [0.1, 0.15) is 60.4 Å². The Morgan fingerprint density at radius 3 is 2.46 bits per heavy atom. The number of halogens is 2. The molecule has 0 unspecified atom stereocenters. The third-order valence-corrected chi connectivity index (χ3v) is 8.47. The lowest BCUT2D eigenvalue weighted by atomic mass is 9.66. The molecule has 2 aromatic rings. The van der Waals surface area contributed by atoms with Gasteiger partial charge in [-0.2, -0.15) is 0 Å². The molecule has 3 aliphatic rings. The Morgan fingerprint density at radius 2 is 1.83 bits per heavy atom. The van der Waals surface area contributed by atoms with Crippen molar-refractivity contribution in [1.82, 2.24) is 30.0 Å². The van der Waals surface area contributed by atoms with E-state index in [0.717, 1.165) is 24.3 Å². The molecular weight excluding hydrogens is 555 g/mol. The molecule has 0 saturated heterocycles. The minimum atomic E-state index is -1.20. The van der Waals surface area contributed by atoms with Gasteiger partial charge in [-0.05, 0) is 70.6 Å². The van der Waals surface area contributed by atoms with Crippen molar-refractivity contribution in [1.29, 1.82) is 0 Å². The minimum Gasteiger partial charge on any atom is -0.501 e. The van der Waals surface area contributed by atoms with Crippen molar-refractivity contribution in [2.75, 3.05) is 34.7 Å². The van der Waals surface area contributed by atoms with Gasteiger partial charge < -0.3 is 25.5 Å². The van der Waals surface area contributed by atoms with Crippen molar-refractivity contribution in [3.8, 4) is 5.75 Å². The molecule has 0 radical (unpaired) electrons. The van der Waals surface area contributed by atoms with Crippen LogP contribution < -0.4 is 16.2 Å². The number of nitrogens with zero attached hydrogens (tertiary/aromatic N) is 4. The predicted molar refractivity (Wildman–Crippen MR) is 150 cm³/mol. The first-order valence-electron chi connectivity index (χ1n) is 13.5. The van der Waals surface area contributed by atoms with Crippen molar-refractivity contribution < 1.29 is 23.9 Å². The fraction of sp³-hybridized carbons (Fsp3) is 0.536. The van der Waals surface area contributed by atoms with E-state index in [0.29, 0.717) is 25.7 Å². The number of hydrogen-bond acceptors (Lipinski definition) is 7. The fourth-order valence-electron chi connectivity index (χ4n) is 5.84. The second kappa shape index (κ2) is 11.8. The highest BCUT2D eigenvalue weighted by Gasteiger charge is 2.51. The number of likely N-dealkylation sites (N-methyl/N-ethyl adjacent to an activating group) is 1. The van der Waals surface area contributed by atoms with Crippen LogP contribution in [0.4, 0.5) is 4.39 Å². The summed E-state index contributed by atoms with van der Waals surface area (Å²) >= 11 is 5.83. The van der Waals surface area contributed by atoms with Gasteiger partial charge in [-0.15, -0.1) is 0 Å². The van der Waals surface area contributed by atoms with Crippen LogP contribution in [0.15, 0.2) is 23.0 Å². The van der Waals surface area contributed by atoms with E-state index in [-0.39, 0.29) is 34.9 Å². The molecule has 0 spiro atoms. The van der Waals surface area contributed by atoms with Crippen LogP contribution in [0.25, 0.3) is 0 Å². The Morgan fingerprint density at radius 1 is 1.15 bits per heavy atom. The lowest BCUT2D eigenvalue weighted by Gasteiger charge is -2.42. The van der Waals surface area contributed by atoms with Crippen molar-refractivity contribution >= 4 is 29.3 Å². The molecule has 3 N–H and O–H groups in total. The molecule has 5 rings (SSSR count). The van der Waals surface area contributed by atoms with Crippen LogP contribution in [-0.4, -0.2) is 76.9 Å². The topological polar surface area (TPSA) is 137 Å². The lowest BCUT2D eigenvalue weighted by molar-refractivity contribution is -0.145. The second-order valence-electron chi connectivity index (χ2n) is 11.6. The second-order valence-corrected chi connectivity index (χ2v) is 12.0. The van der Waals surface area contributed by atoms with Crippen molar-refractivity contribution in [3.63, 3.8) is 0 Å². The number of amides is 3. The third kappa shape index (κ3) is 6.08. The molecule has 1 saturated carbocycles. The van der Waals surface area contributed by atoms with Gasteiger partial charge in [0.05, 0.1) is 10.6 Å². The fourth-order valence-corrected chi connectivity index (χ4v) is 6.03. The van der Waals surface area contributed by atoms with Crippen molar-refractivity contribution in [2.45, 2.75) is 57.2 Å². The molecule has 2 bridgehead atoms. The molecule has 13 heteroatoms. The van der Waals surface area contributed by atoms with Crippen molar-refractivity contribution in [2.24, 2.45) is 5.41 Å². The first-order valence-corrected chi connectivity index (χ1v) is 13.9. The number of fused-ring (bicyclic) bond motifs is 2. The number of carbonyl (C=O) groups excluding carboxylic acids is 3. The SMILES string of the molecule is CN(C)CCCC12CCC(NC(=O)C(=O)N(C)C)(CC1)c1nc(C(=O)NCc3cccc(Cl)c3F)c(O)c(=O)n1C2. The van der Waals surface area contributed by atoms with Gasteiger partial charge in [-0.3, -0.25) is 23.7 Å². The monoisotopic (exact) mass is 590 g/mol. The number of aromatic nitrogens is 2. The maximum Gasteiger partial charge on any atom is 0.311 e. The number of rotatable bonds is 8. The smallest absolute Gasteiger partial charge is 0.311 e. The molecule has 0 atom stereocenters. The van der Waals surface area contributed by atoms with Gasteiger partial charge in [0.2, 0.25) is 5.75 Å². The Labute approximate surface area is 242 Å². The number of hydrogen-bond donors (Lipinski definition) is 3. The third-order valence-electron chi connectivity index (χ3n) is 8.18. The van der Waals surface area contributed by atoms with E-state index in [1.165, 1.54) is 36.9 Å². The zero-order chi connectivity index (χ0) is 30.1. The largest absolute Gasteiger partial charge is 0.501 e. The summed E-state index contributed by atoms with van der Waals surface area (Å²) in [7, 11) is 6.90. The Kier molecular flexibility index (Phi) is 8.74. The van der Waals surface area contributed by atoms with Gasteiger partial charge in [0.1, 0.15) is 11.6 Å². The molecule has 2 aliphatic heterocycles. The highest BCUT2D eigenvalue weighted by molar-refractivity contribution is 6.35. The normalized spacial score (nSPS) is 21.2. The average molecular weight is 591 g/mol. The Balaban J connectivity index is 1.74. The van der Waals surface area contributed by atoms with Gasteiger partial charge in [0.25, 0.3) is 11.5 Å².